The van der Waals surface area contributed by atoms with E-state index in [9.17, 15) is 13.2 Å². The number of hydrogen-bond acceptors (Lipinski definition) is 8. The number of nitrogens with one attached hydrogen (secondary N) is 1. The number of ether oxygens (including phenoxy) is 2. The van der Waals surface area contributed by atoms with Crippen molar-refractivity contribution in [3.05, 3.63) is 60.7 Å². The molecular weight excluding hydrogens is 504 g/mol. The molecule has 200 valence electrons. The van der Waals surface area contributed by atoms with E-state index in [1.54, 1.807) is 43.1 Å². The van der Waals surface area contributed by atoms with Crippen LogP contribution in [0.3, 0.4) is 0 Å². The molecule has 1 saturated heterocycles. The van der Waals surface area contributed by atoms with Crippen LogP contribution in [0.5, 0.6) is 11.5 Å². The van der Waals surface area contributed by atoms with E-state index < -0.39 is 9.84 Å². The highest BCUT2D eigenvalue weighted by molar-refractivity contribution is 7.91. The number of hydrogen-bond donors (Lipinski definition) is 1. The number of benzene rings is 2. The van der Waals surface area contributed by atoms with Crippen LogP contribution in [-0.4, -0.2) is 57.4 Å². The van der Waals surface area contributed by atoms with E-state index in [0.29, 0.717) is 42.0 Å². The standard InChI is InChI=1S/C28H32N4O5S/c1-4-38(34,35)22-10-12-25(37-21-8-6-5-7-9-21)23(18-22)29-26-13-11-24-27(30-26)32(19(2)28(33)31(24)3)20-14-16-36-17-15-20/h5-13,18-20H,4,14-17H2,1-3H3,(H,29,30). The molecule has 1 fully saturated rings. The van der Waals surface area contributed by atoms with Crippen molar-refractivity contribution in [2.75, 3.05) is 41.1 Å². The third-order valence-electron chi connectivity index (χ3n) is 7.07. The van der Waals surface area contributed by atoms with Crippen LogP contribution in [0.1, 0.15) is 26.7 Å². The number of fused-ring (bicyclic) bond motifs is 1. The molecule has 3 heterocycles. The fourth-order valence-electron chi connectivity index (χ4n) is 4.93. The zero-order valence-electron chi connectivity index (χ0n) is 21.8. The van der Waals surface area contributed by atoms with Crippen LogP contribution in [0, 0.1) is 0 Å². The van der Waals surface area contributed by atoms with E-state index in [2.05, 4.69) is 10.2 Å². The maximum Gasteiger partial charge on any atom is 0.249 e. The van der Waals surface area contributed by atoms with Crippen LogP contribution in [0.25, 0.3) is 0 Å². The first-order valence-corrected chi connectivity index (χ1v) is 14.4. The summed E-state index contributed by atoms with van der Waals surface area (Å²) < 4.78 is 37.0. The Labute approximate surface area is 223 Å². The molecule has 1 N–H and O–H groups in total. The number of carbonyl (C=O) groups is 1. The smallest absolute Gasteiger partial charge is 0.249 e. The van der Waals surface area contributed by atoms with Crippen LogP contribution in [0.2, 0.25) is 0 Å². The zero-order valence-corrected chi connectivity index (χ0v) is 22.6. The molecule has 9 nitrogen and oxygen atoms in total. The summed E-state index contributed by atoms with van der Waals surface area (Å²) in [6.07, 6.45) is 1.62. The summed E-state index contributed by atoms with van der Waals surface area (Å²) in [5, 5.41) is 3.29. The van der Waals surface area contributed by atoms with E-state index in [4.69, 9.17) is 14.5 Å². The maximum absolute atomic E-state index is 13.0. The molecule has 1 amide bonds. The fraction of sp³-hybridized carbons (Fsp3) is 0.357. The Morgan fingerprint density at radius 2 is 1.82 bits per heavy atom. The first-order valence-electron chi connectivity index (χ1n) is 12.8. The largest absolute Gasteiger partial charge is 0.455 e. The quantitative estimate of drug-likeness (QED) is 0.461. The van der Waals surface area contributed by atoms with Gasteiger partial charge in [0.1, 0.15) is 17.6 Å². The summed E-state index contributed by atoms with van der Waals surface area (Å²) in [4.78, 5) is 21.9. The van der Waals surface area contributed by atoms with E-state index in [1.807, 2.05) is 43.3 Å². The lowest BCUT2D eigenvalue weighted by Gasteiger charge is -2.44. The number of aromatic nitrogens is 1. The van der Waals surface area contributed by atoms with Crippen molar-refractivity contribution < 1.29 is 22.7 Å². The monoisotopic (exact) mass is 536 g/mol. The van der Waals surface area contributed by atoms with Gasteiger partial charge in [0.2, 0.25) is 5.91 Å². The van der Waals surface area contributed by atoms with Gasteiger partial charge in [-0.3, -0.25) is 4.79 Å². The lowest BCUT2D eigenvalue weighted by Crippen LogP contribution is -2.56. The van der Waals surface area contributed by atoms with Gasteiger partial charge >= 0.3 is 0 Å². The first kappa shape index (κ1) is 26.0. The minimum Gasteiger partial charge on any atom is -0.455 e. The third-order valence-corrected chi connectivity index (χ3v) is 8.81. The molecule has 0 spiro atoms. The van der Waals surface area contributed by atoms with Crippen molar-refractivity contribution in [2.45, 2.75) is 43.7 Å². The summed E-state index contributed by atoms with van der Waals surface area (Å²) in [5.74, 6) is 2.31. The molecule has 0 aliphatic carbocycles. The van der Waals surface area contributed by atoms with Gasteiger partial charge in [-0.25, -0.2) is 13.4 Å². The van der Waals surface area contributed by atoms with Crippen LogP contribution >= 0.6 is 0 Å². The number of anilines is 4. The van der Waals surface area contributed by atoms with Gasteiger partial charge in [-0.2, -0.15) is 0 Å². The number of para-hydroxylation sites is 1. The molecule has 10 heteroatoms. The second-order valence-corrected chi connectivity index (χ2v) is 11.7. The van der Waals surface area contributed by atoms with Gasteiger partial charge in [-0.15, -0.1) is 0 Å². The number of likely N-dealkylation sites (N-methyl/N-ethyl adjacent to an activating group) is 1. The van der Waals surface area contributed by atoms with E-state index >= 15 is 0 Å². The minimum atomic E-state index is -3.44. The zero-order chi connectivity index (χ0) is 26.9. The van der Waals surface area contributed by atoms with Crippen molar-refractivity contribution >= 4 is 38.8 Å². The molecule has 0 radical (unpaired) electrons. The SMILES string of the molecule is CCS(=O)(=O)c1ccc(Oc2ccccc2)c(Nc2ccc3c(n2)N(C2CCOCC2)C(C)C(=O)N3C)c1. The average Bonchev–Trinajstić information content (AvgIpc) is 2.94. The van der Waals surface area contributed by atoms with Crippen molar-refractivity contribution in [3.63, 3.8) is 0 Å². The Balaban J connectivity index is 1.55. The van der Waals surface area contributed by atoms with Crippen LogP contribution in [-0.2, 0) is 19.4 Å². The van der Waals surface area contributed by atoms with Crippen LogP contribution in [0.15, 0.2) is 65.6 Å². The van der Waals surface area contributed by atoms with Gasteiger partial charge in [-0.1, -0.05) is 25.1 Å². The van der Waals surface area contributed by atoms with Crippen LogP contribution in [0.4, 0.5) is 23.0 Å². The van der Waals surface area contributed by atoms with Crippen molar-refractivity contribution in [1.29, 1.82) is 0 Å². The predicted molar refractivity (Wildman–Crippen MR) is 147 cm³/mol. The van der Waals surface area contributed by atoms with Gasteiger partial charge in [0.25, 0.3) is 0 Å². The summed E-state index contributed by atoms with van der Waals surface area (Å²) in [5.41, 5.74) is 1.20. The Morgan fingerprint density at radius 3 is 2.53 bits per heavy atom. The van der Waals surface area contributed by atoms with Crippen molar-refractivity contribution in [3.8, 4) is 11.5 Å². The highest BCUT2D eigenvalue weighted by atomic mass is 32.2. The molecule has 1 atom stereocenters. The number of carbonyl (C=O) groups excluding carboxylic acids is 1. The molecule has 0 bridgehead atoms. The number of amides is 1. The Morgan fingerprint density at radius 1 is 1.08 bits per heavy atom. The van der Waals surface area contributed by atoms with Gasteiger partial charge in [-0.05, 0) is 62.2 Å². The van der Waals surface area contributed by atoms with Gasteiger partial charge in [0.05, 0.1) is 22.0 Å². The van der Waals surface area contributed by atoms with E-state index in [-0.39, 0.29) is 28.6 Å². The van der Waals surface area contributed by atoms with E-state index in [1.165, 1.54) is 0 Å². The number of pyridine rings is 1. The second-order valence-electron chi connectivity index (χ2n) is 9.46. The highest BCUT2D eigenvalue weighted by Crippen LogP contribution is 2.40. The molecule has 0 saturated carbocycles. The highest BCUT2D eigenvalue weighted by Gasteiger charge is 2.39. The van der Waals surface area contributed by atoms with Crippen molar-refractivity contribution in [1.82, 2.24) is 4.98 Å². The molecule has 5 rings (SSSR count). The molecule has 3 aromatic rings. The number of rotatable bonds is 7. The minimum absolute atomic E-state index is 0.0132. The Kier molecular flexibility index (Phi) is 7.27. The third kappa shape index (κ3) is 5.06. The first-order chi connectivity index (χ1) is 18.3. The second kappa shape index (κ2) is 10.6. The fourth-order valence-corrected chi connectivity index (χ4v) is 5.83. The Bertz CT molecular complexity index is 1420. The topological polar surface area (TPSA) is 101 Å². The molecule has 1 aromatic heterocycles. The van der Waals surface area contributed by atoms with Gasteiger partial charge < -0.3 is 24.6 Å². The molecule has 1 unspecified atom stereocenters. The summed E-state index contributed by atoms with van der Waals surface area (Å²) in [7, 11) is -1.68. The lowest BCUT2D eigenvalue weighted by atomic mass is 10.0. The number of nitrogens with zero attached hydrogens (tertiary/aromatic N) is 3. The average molecular weight is 537 g/mol. The molecule has 2 aromatic carbocycles. The van der Waals surface area contributed by atoms with Gasteiger partial charge in [0.15, 0.2) is 21.4 Å². The van der Waals surface area contributed by atoms with Gasteiger partial charge in [0, 0.05) is 26.3 Å². The van der Waals surface area contributed by atoms with Crippen LogP contribution < -0.4 is 19.9 Å². The van der Waals surface area contributed by atoms with Crippen molar-refractivity contribution in [2.24, 2.45) is 0 Å². The molecular formula is C28H32N4O5S. The molecule has 38 heavy (non-hydrogen) atoms. The predicted octanol–water partition coefficient (Wildman–Crippen LogP) is 4.76. The normalized spacial score (nSPS) is 18.3. The van der Waals surface area contributed by atoms with E-state index in [0.717, 1.165) is 18.5 Å². The maximum atomic E-state index is 13.0. The molecule has 2 aliphatic heterocycles. The summed E-state index contributed by atoms with van der Waals surface area (Å²) >= 11 is 0. The lowest BCUT2D eigenvalue weighted by molar-refractivity contribution is -0.119. The summed E-state index contributed by atoms with van der Waals surface area (Å²) in [6, 6.07) is 17.5. The number of sulfone groups is 1. The molecule has 2 aliphatic rings. The Hall–Kier alpha value is -3.63. The summed E-state index contributed by atoms with van der Waals surface area (Å²) in [6.45, 7) is 4.81.